The molecule has 0 radical (unpaired) electrons. The Kier molecular flexibility index (Phi) is 4.59. The van der Waals surface area contributed by atoms with Crippen LogP contribution in [0.4, 0.5) is 13.9 Å². The van der Waals surface area contributed by atoms with Crippen LogP contribution in [0.15, 0.2) is 48.5 Å². The lowest BCUT2D eigenvalue weighted by Gasteiger charge is -2.11. The smallest absolute Gasteiger partial charge is 0.245 e. The molecular formula is C19H15F2N3O2S. The van der Waals surface area contributed by atoms with Crippen LogP contribution in [0.2, 0.25) is 0 Å². The Morgan fingerprint density at radius 3 is 2.30 bits per heavy atom. The molecule has 2 heterocycles. The van der Waals surface area contributed by atoms with E-state index in [0.29, 0.717) is 40.2 Å². The molecule has 138 valence electrons. The van der Waals surface area contributed by atoms with Crippen LogP contribution in [-0.2, 0) is 4.79 Å². The highest BCUT2D eigenvalue weighted by atomic mass is 32.1. The average Bonchev–Trinajstić information content (AvgIpc) is 3.21. The molecule has 1 aromatic heterocycles. The molecule has 1 atom stereocenters. The Morgan fingerprint density at radius 2 is 1.70 bits per heavy atom. The Labute approximate surface area is 158 Å². The minimum absolute atomic E-state index is 0.192. The van der Waals surface area contributed by atoms with Crippen LogP contribution in [0.25, 0.3) is 11.3 Å². The van der Waals surface area contributed by atoms with Crippen molar-refractivity contribution in [3.8, 4) is 22.1 Å². The van der Waals surface area contributed by atoms with E-state index in [1.807, 2.05) is 0 Å². The number of anilines is 1. The quantitative estimate of drug-likeness (QED) is 0.736. The predicted octanol–water partition coefficient (Wildman–Crippen LogP) is 3.94. The third-order valence-corrected chi connectivity index (χ3v) is 5.16. The molecule has 1 fully saturated rings. The molecule has 1 saturated heterocycles. The lowest BCUT2D eigenvalue weighted by Crippen LogP contribution is -2.33. The number of thiazole rings is 1. The van der Waals surface area contributed by atoms with Gasteiger partial charge in [0.2, 0.25) is 11.0 Å². The average molecular weight is 387 g/mol. The molecule has 1 unspecified atom stereocenters. The van der Waals surface area contributed by atoms with Crippen LogP contribution in [0.1, 0.15) is 6.42 Å². The second-order valence-corrected chi connectivity index (χ2v) is 7.02. The first kappa shape index (κ1) is 17.6. The van der Waals surface area contributed by atoms with Crippen molar-refractivity contribution in [1.82, 2.24) is 4.98 Å². The third kappa shape index (κ3) is 3.54. The zero-order valence-corrected chi connectivity index (χ0v) is 14.9. The van der Waals surface area contributed by atoms with Gasteiger partial charge in [0, 0.05) is 12.1 Å². The van der Waals surface area contributed by atoms with Crippen molar-refractivity contribution in [1.29, 1.82) is 0 Å². The number of carbonyl (C=O) groups excluding carboxylic acids is 1. The minimum atomic E-state index is -0.537. The molecule has 27 heavy (non-hydrogen) atoms. The molecule has 3 aromatic rings. The van der Waals surface area contributed by atoms with Crippen LogP contribution in [0.3, 0.4) is 0 Å². The first-order chi connectivity index (χ1) is 13.0. The topological polar surface area (TPSA) is 68.4 Å². The Bertz CT molecular complexity index is 974. The number of halogens is 2. The van der Waals surface area contributed by atoms with Crippen molar-refractivity contribution in [3.05, 3.63) is 60.2 Å². The van der Waals surface area contributed by atoms with Gasteiger partial charge in [-0.25, -0.2) is 13.8 Å². The SMILES string of the molecule is NC1CCN(c2nc(-c3ccc(F)cc3)c(Oc3ccc(F)cc3)s2)C1=O. The van der Waals surface area contributed by atoms with Gasteiger partial charge >= 0.3 is 0 Å². The molecular weight excluding hydrogens is 372 g/mol. The standard InChI is InChI=1S/C19H15F2N3O2S/c20-12-3-1-11(2-4-12)16-18(26-14-7-5-13(21)6-8-14)27-19(23-16)24-10-9-15(22)17(24)25/h1-8,15H,9-10,22H2. The summed E-state index contributed by atoms with van der Waals surface area (Å²) in [5, 5.41) is 0.890. The van der Waals surface area contributed by atoms with Crippen LogP contribution in [-0.4, -0.2) is 23.5 Å². The van der Waals surface area contributed by atoms with E-state index in [1.54, 1.807) is 12.1 Å². The van der Waals surface area contributed by atoms with Gasteiger partial charge in [0.1, 0.15) is 23.1 Å². The molecule has 2 N–H and O–H groups in total. The van der Waals surface area contributed by atoms with Gasteiger partial charge in [-0.3, -0.25) is 9.69 Å². The van der Waals surface area contributed by atoms with Crippen LogP contribution in [0.5, 0.6) is 10.8 Å². The fourth-order valence-corrected chi connectivity index (χ4v) is 3.76. The largest absolute Gasteiger partial charge is 0.444 e. The van der Waals surface area contributed by atoms with E-state index in [4.69, 9.17) is 10.5 Å². The van der Waals surface area contributed by atoms with Crippen molar-refractivity contribution < 1.29 is 18.3 Å². The highest BCUT2D eigenvalue weighted by Crippen LogP contribution is 2.42. The molecule has 1 aliphatic heterocycles. The van der Waals surface area contributed by atoms with Crippen LogP contribution in [0, 0.1) is 11.6 Å². The Hall–Kier alpha value is -2.84. The number of carbonyl (C=O) groups is 1. The first-order valence-corrected chi connectivity index (χ1v) is 9.10. The van der Waals surface area contributed by atoms with E-state index in [9.17, 15) is 13.6 Å². The van der Waals surface area contributed by atoms with Gasteiger partial charge in [-0.05, 0) is 55.0 Å². The normalized spacial score (nSPS) is 16.8. The van der Waals surface area contributed by atoms with Gasteiger partial charge in [-0.2, -0.15) is 0 Å². The maximum absolute atomic E-state index is 13.3. The van der Waals surface area contributed by atoms with E-state index < -0.39 is 6.04 Å². The van der Waals surface area contributed by atoms with Crippen molar-refractivity contribution in [3.63, 3.8) is 0 Å². The van der Waals surface area contributed by atoms with E-state index in [2.05, 4.69) is 4.98 Å². The lowest BCUT2D eigenvalue weighted by molar-refractivity contribution is -0.118. The fraction of sp³-hybridized carbons (Fsp3) is 0.158. The number of rotatable bonds is 4. The lowest BCUT2D eigenvalue weighted by atomic mass is 10.2. The molecule has 8 heteroatoms. The summed E-state index contributed by atoms with van der Waals surface area (Å²) in [5.41, 5.74) is 6.92. The molecule has 1 amide bonds. The highest BCUT2D eigenvalue weighted by Gasteiger charge is 2.32. The summed E-state index contributed by atoms with van der Waals surface area (Å²) in [6.07, 6.45) is 0.554. The maximum Gasteiger partial charge on any atom is 0.245 e. The Balaban J connectivity index is 1.74. The molecule has 2 aromatic carbocycles. The van der Waals surface area contributed by atoms with E-state index >= 15 is 0 Å². The van der Waals surface area contributed by atoms with Crippen molar-refractivity contribution >= 4 is 22.4 Å². The number of hydrogen-bond acceptors (Lipinski definition) is 5. The summed E-state index contributed by atoms with van der Waals surface area (Å²) in [6, 6.07) is 10.9. The van der Waals surface area contributed by atoms with Gasteiger partial charge in [0.15, 0.2) is 5.13 Å². The van der Waals surface area contributed by atoms with E-state index in [0.717, 1.165) is 0 Å². The predicted molar refractivity (Wildman–Crippen MR) is 98.9 cm³/mol. The fourth-order valence-electron chi connectivity index (χ4n) is 2.77. The maximum atomic E-state index is 13.3. The van der Waals surface area contributed by atoms with Crippen molar-refractivity contribution in [2.45, 2.75) is 12.5 Å². The minimum Gasteiger partial charge on any atom is -0.444 e. The van der Waals surface area contributed by atoms with Crippen molar-refractivity contribution in [2.75, 3.05) is 11.4 Å². The van der Waals surface area contributed by atoms with Gasteiger partial charge in [-0.1, -0.05) is 11.3 Å². The second-order valence-electron chi connectivity index (χ2n) is 6.08. The van der Waals surface area contributed by atoms with Gasteiger partial charge < -0.3 is 10.5 Å². The molecule has 1 aliphatic rings. The molecule has 5 nitrogen and oxygen atoms in total. The molecule has 0 spiro atoms. The summed E-state index contributed by atoms with van der Waals surface area (Å²) in [6.45, 7) is 0.479. The number of nitrogens with two attached hydrogens (primary N) is 1. The highest BCUT2D eigenvalue weighted by molar-refractivity contribution is 7.18. The zero-order valence-electron chi connectivity index (χ0n) is 14.1. The monoisotopic (exact) mass is 387 g/mol. The second kappa shape index (κ2) is 7.05. The zero-order chi connectivity index (χ0) is 19.0. The van der Waals surface area contributed by atoms with E-state index in [1.165, 1.54) is 52.6 Å². The molecule has 0 bridgehead atoms. The van der Waals surface area contributed by atoms with Gasteiger partial charge in [-0.15, -0.1) is 0 Å². The number of amides is 1. The summed E-state index contributed by atoms with van der Waals surface area (Å²) < 4.78 is 32.3. The summed E-state index contributed by atoms with van der Waals surface area (Å²) in [7, 11) is 0. The first-order valence-electron chi connectivity index (χ1n) is 8.28. The molecule has 0 saturated carbocycles. The number of hydrogen-bond donors (Lipinski definition) is 1. The number of aromatic nitrogens is 1. The summed E-state index contributed by atoms with van der Waals surface area (Å²) >= 11 is 1.19. The van der Waals surface area contributed by atoms with Gasteiger partial charge in [0.05, 0.1) is 6.04 Å². The van der Waals surface area contributed by atoms with Gasteiger partial charge in [0.25, 0.3) is 0 Å². The number of ether oxygens (including phenoxy) is 1. The number of benzene rings is 2. The number of nitrogens with zero attached hydrogens (tertiary/aromatic N) is 2. The third-order valence-electron chi connectivity index (χ3n) is 4.20. The molecule has 0 aliphatic carbocycles. The molecule has 4 rings (SSSR count). The summed E-state index contributed by atoms with van der Waals surface area (Å²) in [5.74, 6) is -0.499. The van der Waals surface area contributed by atoms with Crippen LogP contribution >= 0.6 is 11.3 Å². The summed E-state index contributed by atoms with van der Waals surface area (Å²) in [4.78, 5) is 18.3. The van der Waals surface area contributed by atoms with E-state index in [-0.39, 0.29) is 17.5 Å². The van der Waals surface area contributed by atoms with Crippen LogP contribution < -0.4 is 15.4 Å². The Morgan fingerprint density at radius 1 is 1.07 bits per heavy atom. The van der Waals surface area contributed by atoms with Crippen molar-refractivity contribution in [2.24, 2.45) is 5.73 Å².